The van der Waals surface area contributed by atoms with Gasteiger partial charge in [0.05, 0.1) is 11.4 Å². The van der Waals surface area contributed by atoms with Gasteiger partial charge in [-0.15, -0.1) is 11.8 Å². The standard InChI is InChI=1S/C18H15F3N2S/c1-12-10-13(8-9-16(12)24-2)15-11-17(18(19,20)21)22-23(15)14-6-4-3-5-7-14/h3-11H,1-2H3. The van der Waals surface area contributed by atoms with Crippen LogP contribution in [0.5, 0.6) is 0 Å². The van der Waals surface area contributed by atoms with Gasteiger partial charge in [-0.2, -0.15) is 18.3 Å². The van der Waals surface area contributed by atoms with Crippen LogP contribution in [0.25, 0.3) is 16.9 Å². The van der Waals surface area contributed by atoms with Gasteiger partial charge < -0.3 is 0 Å². The number of thioether (sulfide) groups is 1. The van der Waals surface area contributed by atoms with Crippen LogP contribution in [0, 0.1) is 6.92 Å². The molecule has 2 nitrogen and oxygen atoms in total. The van der Waals surface area contributed by atoms with Crippen LogP contribution in [0.4, 0.5) is 13.2 Å². The normalized spacial score (nSPS) is 11.7. The molecule has 2 aromatic carbocycles. The summed E-state index contributed by atoms with van der Waals surface area (Å²) in [7, 11) is 0. The van der Waals surface area contributed by atoms with E-state index in [1.807, 2.05) is 37.4 Å². The second-order valence-corrected chi connectivity index (χ2v) is 6.19. The molecule has 3 aromatic rings. The number of rotatable bonds is 3. The molecule has 0 N–H and O–H groups in total. The lowest BCUT2D eigenvalue weighted by molar-refractivity contribution is -0.141. The summed E-state index contributed by atoms with van der Waals surface area (Å²) in [4.78, 5) is 1.10. The van der Waals surface area contributed by atoms with Gasteiger partial charge in [-0.25, -0.2) is 4.68 Å². The van der Waals surface area contributed by atoms with E-state index in [1.54, 1.807) is 36.0 Å². The Hall–Kier alpha value is -2.21. The summed E-state index contributed by atoms with van der Waals surface area (Å²) in [5.74, 6) is 0. The smallest absolute Gasteiger partial charge is 0.233 e. The third-order valence-electron chi connectivity index (χ3n) is 3.69. The molecule has 0 amide bonds. The van der Waals surface area contributed by atoms with E-state index < -0.39 is 11.9 Å². The van der Waals surface area contributed by atoms with Crippen molar-refractivity contribution < 1.29 is 13.2 Å². The van der Waals surface area contributed by atoms with Crippen molar-refractivity contribution in [3.05, 3.63) is 65.9 Å². The summed E-state index contributed by atoms with van der Waals surface area (Å²) in [6.07, 6.45) is -2.51. The Morgan fingerprint density at radius 1 is 1.00 bits per heavy atom. The van der Waals surface area contributed by atoms with E-state index in [0.717, 1.165) is 16.5 Å². The Balaban J connectivity index is 2.19. The molecule has 24 heavy (non-hydrogen) atoms. The molecular weight excluding hydrogens is 333 g/mol. The molecule has 0 aliphatic heterocycles. The fourth-order valence-corrected chi connectivity index (χ4v) is 3.11. The van der Waals surface area contributed by atoms with Crippen molar-refractivity contribution in [3.63, 3.8) is 0 Å². The highest BCUT2D eigenvalue weighted by atomic mass is 32.2. The fourth-order valence-electron chi connectivity index (χ4n) is 2.53. The maximum atomic E-state index is 13.1. The molecule has 3 rings (SSSR count). The first kappa shape index (κ1) is 16.6. The van der Waals surface area contributed by atoms with E-state index in [-0.39, 0.29) is 0 Å². The highest BCUT2D eigenvalue weighted by Gasteiger charge is 2.35. The first-order chi connectivity index (χ1) is 11.4. The van der Waals surface area contributed by atoms with Gasteiger partial charge in [0.25, 0.3) is 0 Å². The van der Waals surface area contributed by atoms with Gasteiger partial charge in [-0.1, -0.05) is 24.3 Å². The van der Waals surface area contributed by atoms with Crippen molar-refractivity contribution >= 4 is 11.8 Å². The lowest BCUT2D eigenvalue weighted by Gasteiger charge is -2.09. The molecule has 6 heteroatoms. The van der Waals surface area contributed by atoms with Crippen molar-refractivity contribution in [3.8, 4) is 16.9 Å². The third kappa shape index (κ3) is 3.19. The molecule has 0 atom stereocenters. The molecule has 1 aromatic heterocycles. The van der Waals surface area contributed by atoms with E-state index in [0.29, 0.717) is 16.9 Å². The summed E-state index contributed by atoms with van der Waals surface area (Å²) in [5, 5.41) is 3.79. The van der Waals surface area contributed by atoms with E-state index in [2.05, 4.69) is 5.10 Å². The number of alkyl halides is 3. The average Bonchev–Trinajstić information content (AvgIpc) is 3.01. The molecule has 0 spiro atoms. The Bertz CT molecular complexity index is 854. The Labute approximate surface area is 142 Å². The Kier molecular flexibility index (Phi) is 4.41. The molecular formula is C18H15F3N2S. The first-order valence-electron chi connectivity index (χ1n) is 7.28. The van der Waals surface area contributed by atoms with Gasteiger partial charge in [0.2, 0.25) is 0 Å². The van der Waals surface area contributed by atoms with Crippen molar-refractivity contribution in [1.29, 1.82) is 0 Å². The third-order valence-corrected chi connectivity index (χ3v) is 4.59. The van der Waals surface area contributed by atoms with Crippen LogP contribution in [0.15, 0.2) is 59.5 Å². The number of halogens is 3. The fraction of sp³-hybridized carbons (Fsp3) is 0.167. The lowest BCUT2D eigenvalue weighted by atomic mass is 10.1. The monoisotopic (exact) mass is 348 g/mol. The highest BCUT2D eigenvalue weighted by Crippen LogP contribution is 2.34. The minimum atomic E-state index is -4.48. The summed E-state index contributed by atoms with van der Waals surface area (Å²) in [5.41, 5.74) is 1.85. The van der Waals surface area contributed by atoms with Crippen LogP contribution in [-0.4, -0.2) is 16.0 Å². The Morgan fingerprint density at radius 2 is 1.71 bits per heavy atom. The minimum absolute atomic E-state index is 0.421. The van der Waals surface area contributed by atoms with Crippen molar-refractivity contribution in [1.82, 2.24) is 9.78 Å². The number of aromatic nitrogens is 2. The predicted molar refractivity (Wildman–Crippen MR) is 90.5 cm³/mol. The maximum Gasteiger partial charge on any atom is 0.435 e. The maximum absolute atomic E-state index is 13.1. The second-order valence-electron chi connectivity index (χ2n) is 5.34. The van der Waals surface area contributed by atoms with Gasteiger partial charge >= 0.3 is 6.18 Å². The van der Waals surface area contributed by atoms with Crippen LogP contribution in [0.3, 0.4) is 0 Å². The largest absolute Gasteiger partial charge is 0.435 e. The first-order valence-corrected chi connectivity index (χ1v) is 8.50. The Morgan fingerprint density at radius 3 is 2.29 bits per heavy atom. The summed E-state index contributed by atoms with van der Waals surface area (Å²) in [6.45, 7) is 1.95. The molecule has 0 unspecified atom stereocenters. The number of hydrogen-bond acceptors (Lipinski definition) is 2. The minimum Gasteiger partial charge on any atom is -0.233 e. The van der Waals surface area contributed by atoms with Gasteiger partial charge in [0.1, 0.15) is 0 Å². The molecule has 0 saturated carbocycles. The average molecular weight is 348 g/mol. The zero-order valence-corrected chi connectivity index (χ0v) is 13.9. The van der Waals surface area contributed by atoms with Gasteiger partial charge in [-0.05, 0) is 49.1 Å². The van der Waals surface area contributed by atoms with Crippen LogP contribution in [0.1, 0.15) is 11.3 Å². The zero-order chi connectivity index (χ0) is 17.3. The molecule has 124 valence electrons. The van der Waals surface area contributed by atoms with Crippen LogP contribution >= 0.6 is 11.8 Å². The zero-order valence-electron chi connectivity index (χ0n) is 13.1. The molecule has 0 radical (unpaired) electrons. The topological polar surface area (TPSA) is 17.8 Å². The number of benzene rings is 2. The van der Waals surface area contributed by atoms with E-state index in [4.69, 9.17) is 0 Å². The van der Waals surface area contributed by atoms with Crippen molar-refractivity contribution in [2.75, 3.05) is 6.26 Å². The highest BCUT2D eigenvalue weighted by molar-refractivity contribution is 7.98. The summed E-state index contributed by atoms with van der Waals surface area (Å²) in [6, 6.07) is 15.6. The second kappa shape index (κ2) is 6.36. The molecule has 0 aliphatic rings. The molecule has 0 fully saturated rings. The van der Waals surface area contributed by atoms with Gasteiger partial charge in [0.15, 0.2) is 5.69 Å². The van der Waals surface area contributed by atoms with Gasteiger partial charge in [-0.3, -0.25) is 0 Å². The molecule has 0 bridgehead atoms. The SMILES string of the molecule is CSc1ccc(-c2cc(C(F)(F)F)nn2-c2ccccc2)cc1C. The molecule has 1 heterocycles. The molecule has 0 saturated heterocycles. The summed E-state index contributed by atoms with van der Waals surface area (Å²) >= 11 is 1.61. The van der Waals surface area contributed by atoms with Crippen LogP contribution < -0.4 is 0 Å². The van der Waals surface area contributed by atoms with Crippen molar-refractivity contribution in [2.24, 2.45) is 0 Å². The predicted octanol–water partition coefficient (Wildman–Crippen LogP) is 5.59. The van der Waals surface area contributed by atoms with E-state index in [1.165, 1.54) is 4.68 Å². The quantitative estimate of drug-likeness (QED) is 0.574. The summed E-state index contributed by atoms with van der Waals surface area (Å²) < 4.78 is 40.7. The molecule has 0 aliphatic carbocycles. The number of aryl methyl sites for hydroxylation is 1. The van der Waals surface area contributed by atoms with Crippen molar-refractivity contribution in [2.45, 2.75) is 18.0 Å². The van der Waals surface area contributed by atoms with Gasteiger partial charge in [0, 0.05) is 10.5 Å². The van der Waals surface area contributed by atoms with Crippen LogP contribution in [0.2, 0.25) is 0 Å². The number of hydrogen-bond donors (Lipinski definition) is 0. The number of para-hydroxylation sites is 1. The van der Waals surface area contributed by atoms with Crippen LogP contribution in [-0.2, 0) is 6.18 Å². The lowest BCUT2D eigenvalue weighted by Crippen LogP contribution is -2.07. The van der Waals surface area contributed by atoms with E-state index in [9.17, 15) is 13.2 Å². The van der Waals surface area contributed by atoms with E-state index >= 15 is 0 Å². The number of nitrogens with zero attached hydrogens (tertiary/aromatic N) is 2.